The number of nitrogens with zero attached hydrogens (tertiary/aromatic N) is 3. The van der Waals surface area contributed by atoms with Gasteiger partial charge in [-0.25, -0.2) is 0 Å². The van der Waals surface area contributed by atoms with Crippen molar-refractivity contribution in [2.24, 2.45) is 11.8 Å². The number of piperidine rings is 1. The Balaban J connectivity index is 1.76. The third-order valence-electron chi connectivity index (χ3n) is 4.10. The number of para-hydroxylation sites is 1. The molecule has 0 aliphatic carbocycles. The molecule has 0 saturated carbocycles. The molecule has 6 heteroatoms. The van der Waals surface area contributed by atoms with E-state index in [1.54, 1.807) is 12.1 Å². The predicted octanol–water partition coefficient (Wildman–Crippen LogP) is 4.26. The molecule has 0 unspecified atom stereocenters. The molecule has 2 heterocycles. The molecule has 2 aromatic rings. The van der Waals surface area contributed by atoms with Crippen molar-refractivity contribution in [3.8, 4) is 11.8 Å². The highest BCUT2D eigenvalue weighted by molar-refractivity contribution is 6.32. The minimum absolute atomic E-state index is 0.136. The number of rotatable bonds is 4. The summed E-state index contributed by atoms with van der Waals surface area (Å²) in [6.07, 6.45) is 1.19. The Bertz CT molecular complexity index is 743. The van der Waals surface area contributed by atoms with Crippen LogP contribution in [0.5, 0.6) is 5.75 Å². The van der Waals surface area contributed by atoms with Gasteiger partial charge in [0.15, 0.2) is 6.61 Å². The van der Waals surface area contributed by atoms with Gasteiger partial charge >= 0.3 is 0 Å². The number of anilines is 1. The molecule has 1 saturated heterocycles. The first-order valence-corrected chi connectivity index (χ1v) is 8.46. The first-order valence-electron chi connectivity index (χ1n) is 8.09. The van der Waals surface area contributed by atoms with Crippen molar-refractivity contribution >= 4 is 17.5 Å². The molecule has 0 bridgehead atoms. The van der Waals surface area contributed by atoms with Gasteiger partial charge in [0.2, 0.25) is 17.5 Å². The summed E-state index contributed by atoms with van der Waals surface area (Å²) in [6, 6.07) is 9.35. The SMILES string of the molecule is C[C@@H]1C[C@H](C)CN(c2oc(COc3ccccc3Cl)nc2C#N)C1. The molecule has 1 fully saturated rings. The lowest BCUT2D eigenvalue weighted by atomic mass is 9.92. The molecule has 0 radical (unpaired) electrons. The van der Waals surface area contributed by atoms with E-state index in [9.17, 15) is 5.26 Å². The van der Waals surface area contributed by atoms with Crippen LogP contribution < -0.4 is 9.64 Å². The van der Waals surface area contributed by atoms with Crippen LogP contribution in [0.15, 0.2) is 28.7 Å². The third kappa shape index (κ3) is 3.65. The van der Waals surface area contributed by atoms with Gasteiger partial charge in [-0.1, -0.05) is 37.6 Å². The van der Waals surface area contributed by atoms with E-state index in [1.165, 1.54) is 6.42 Å². The number of ether oxygens (including phenoxy) is 1. The molecule has 2 atom stereocenters. The van der Waals surface area contributed by atoms with Crippen LogP contribution in [-0.4, -0.2) is 18.1 Å². The monoisotopic (exact) mass is 345 g/mol. The first-order chi connectivity index (χ1) is 11.6. The van der Waals surface area contributed by atoms with E-state index >= 15 is 0 Å². The van der Waals surface area contributed by atoms with Crippen molar-refractivity contribution in [2.45, 2.75) is 26.9 Å². The van der Waals surface area contributed by atoms with Crippen molar-refractivity contribution in [3.63, 3.8) is 0 Å². The molecule has 126 valence electrons. The second kappa shape index (κ2) is 7.14. The van der Waals surface area contributed by atoms with Crippen LogP contribution in [0.2, 0.25) is 5.02 Å². The van der Waals surface area contributed by atoms with Crippen LogP contribution in [-0.2, 0) is 6.61 Å². The van der Waals surface area contributed by atoms with Gasteiger partial charge in [0, 0.05) is 13.1 Å². The summed E-state index contributed by atoms with van der Waals surface area (Å²) in [5.41, 5.74) is 0.314. The summed E-state index contributed by atoms with van der Waals surface area (Å²) in [6.45, 7) is 6.31. The number of hydrogen-bond donors (Lipinski definition) is 0. The maximum atomic E-state index is 9.36. The molecule has 1 aliphatic heterocycles. The predicted molar refractivity (Wildman–Crippen MR) is 92.2 cm³/mol. The lowest BCUT2D eigenvalue weighted by Gasteiger charge is -2.34. The Morgan fingerprint density at radius 2 is 2.04 bits per heavy atom. The molecule has 1 aromatic heterocycles. The van der Waals surface area contributed by atoms with Gasteiger partial charge in [-0.05, 0) is 30.4 Å². The number of benzene rings is 1. The van der Waals surface area contributed by atoms with Gasteiger partial charge in [0.05, 0.1) is 5.02 Å². The maximum Gasteiger partial charge on any atom is 0.236 e. The largest absolute Gasteiger partial charge is 0.482 e. The molecule has 0 spiro atoms. The fourth-order valence-electron chi connectivity index (χ4n) is 3.23. The maximum absolute atomic E-state index is 9.36. The zero-order valence-corrected chi connectivity index (χ0v) is 14.6. The summed E-state index contributed by atoms with van der Waals surface area (Å²) in [5, 5.41) is 9.89. The summed E-state index contributed by atoms with van der Waals surface area (Å²) in [7, 11) is 0. The van der Waals surface area contributed by atoms with Crippen LogP contribution in [0.1, 0.15) is 31.9 Å². The fraction of sp³-hybridized carbons (Fsp3) is 0.444. The van der Waals surface area contributed by atoms with Crippen molar-refractivity contribution in [1.82, 2.24) is 4.98 Å². The van der Waals surface area contributed by atoms with Crippen molar-refractivity contribution in [3.05, 3.63) is 40.9 Å². The lowest BCUT2D eigenvalue weighted by molar-refractivity contribution is 0.261. The fourth-order valence-corrected chi connectivity index (χ4v) is 3.42. The van der Waals surface area contributed by atoms with Gasteiger partial charge < -0.3 is 14.1 Å². The smallest absolute Gasteiger partial charge is 0.236 e. The van der Waals surface area contributed by atoms with Crippen molar-refractivity contribution < 1.29 is 9.15 Å². The molecule has 0 N–H and O–H groups in total. The van der Waals surface area contributed by atoms with Gasteiger partial charge in [0.25, 0.3) is 0 Å². The van der Waals surface area contributed by atoms with Crippen LogP contribution >= 0.6 is 11.6 Å². The normalized spacial score (nSPS) is 20.7. The Hall–Kier alpha value is -2.19. The highest BCUT2D eigenvalue weighted by Crippen LogP contribution is 2.30. The molecule has 3 rings (SSSR count). The summed E-state index contributed by atoms with van der Waals surface area (Å²) < 4.78 is 11.5. The Morgan fingerprint density at radius 3 is 2.71 bits per heavy atom. The Kier molecular flexibility index (Phi) is 4.96. The first kappa shape index (κ1) is 16.7. The summed E-state index contributed by atoms with van der Waals surface area (Å²) >= 11 is 6.07. The number of oxazole rings is 1. The Labute approximate surface area is 146 Å². The van der Waals surface area contributed by atoms with Crippen LogP contribution in [0.3, 0.4) is 0 Å². The zero-order chi connectivity index (χ0) is 17.1. The molecule has 1 aromatic carbocycles. The van der Waals surface area contributed by atoms with E-state index in [-0.39, 0.29) is 6.61 Å². The van der Waals surface area contributed by atoms with E-state index in [1.807, 2.05) is 12.1 Å². The van der Waals surface area contributed by atoms with Crippen LogP contribution in [0.25, 0.3) is 0 Å². The van der Waals surface area contributed by atoms with Gasteiger partial charge in [0.1, 0.15) is 11.8 Å². The third-order valence-corrected chi connectivity index (χ3v) is 4.42. The highest BCUT2D eigenvalue weighted by Gasteiger charge is 2.27. The number of nitriles is 1. The molecule has 24 heavy (non-hydrogen) atoms. The Morgan fingerprint density at radius 1 is 1.33 bits per heavy atom. The minimum atomic E-state index is 0.136. The van der Waals surface area contributed by atoms with Crippen molar-refractivity contribution in [2.75, 3.05) is 18.0 Å². The standard InChI is InChI=1S/C18H20ClN3O2/c1-12-7-13(2)10-22(9-12)18-15(8-20)21-17(24-18)11-23-16-6-4-3-5-14(16)19/h3-6,12-13H,7,9-11H2,1-2H3/t12-,13+. The van der Waals surface area contributed by atoms with Crippen LogP contribution in [0, 0.1) is 23.2 Å². The zero-order valence-electron chi connectivity index (χ0n) is 13.8. The second-order valence-electron chi connectivity index (χ2n) is 6.44. The molecular formula is C18H20ClN3O2. The van der Waals surface area contributed by atoms with Gasteiger partial charge in [-0.2, -0.15) is 10.2 Å². The highest BCUT2D eigenvalue weighted by atomic mass is 35.5. The number of aromatic nitrogens is 1. The lowest BCUT2D eigenvalue weighted by Crippen LogP contribution is -2.38. The molecule has 5 nitrogen and oxygen atoms in total. The van der Waals surface area contributed by atoms with E-state index < -0.39 is 0 Å². The van der Waals surface area contributed by atoms with E-state index in [0.29, 0.717) is 40.1 Å². The van der Waals surface area contributed by atoms with Gasteiger partial charge in [-0.15, -0.1) is 0 Å². The average molecular weight is 346 g/mol. The number of hydrogen-bond acceptors (Lipinski definition) is 5. The molecule has 0 amide bonds. The summed E-state index contributed by atoms with van der Waals surface area (Å²) in [5.74, 6) is 2.63. The van der Waals surface area contributed by atoms with E-state index in [2.05, 4.69) is 29.8 Å². The number of halogens is 1. The topological polar surface area (TPSA) is 62.3 Å². The second-order valence-corrected chi connectivity index (χ2v) is 6.85. The molecule has 1 aliphatic rings. The van der Waals surface area contributed by atoms with E-state index in [4.69, 9.17) is 20.8 Å². The quantitative estimate of drug-likeness (QED) is 0.828. The van der Waals surface area contributed by atoms with Gasteiger partial charge in [-0.3, -0.25) is 0 Å². The summed E-state index contributed by atoms with van der Waals surface area (Å²) in [4.78, 5) is 6.38. The van der Waals surface area contributed by atoms with E-state index in [0.717, 1.165) is 13.1 Å². The van der Waals surface area contributed by atoms with Crippen LogP contribution in [0.4, 0.5) is 5.88 Å². The van der Waals surface area contributed by atoms with Crippen molar-refractivity contribution in [1.29, 1.82) is 5.26 Å². The molecular weight excluding hydrogens is 326 g/mol. The average Bonchev–Trinajstić information content (AvgIpc) is 2.96. The minimum Gasteiger partial charge on any atom is -0.482 e.